The van der Waals surface area contributed by atoms with Crippen LogP contribution in [0.3, 0.4) is 0 Å². The molecule has 0 unspecified atom stereocenters. The maximum Gasteiger partial charge on any atom is 0.211 e. The summed E-state index contributed by atoms with van der Waals surface area (Å²) in [7, 11) is -6.34. The summed E-state index contributed by atoms with van der Waals surface area (Å²) in [5.41, 5.74) is 0.863. The quantitative estimate of drug-likeness (QED) is 0.696. The number of benzene rings is 1. The van der Waals surface area contributed by atoms with E-state index in [4.69, 9.17) is 0 Å². The summed E-state index contributed by atoms with van der Waals surface area (Å²) in [6.07, 6.45) is 5.47. The van der Waals surface area contributed by atoms with Crippen molar-refractivity contribution in [1.29, 1.82) is 0 Å². The van der Waals surface area contributed by atoms with Crippen molar-refractivity contribution >= 4 is 19.9 Å². The fraction of sp³-hybridized carbons (Fsp3) is 0.684. The van der Waals surface area contributed by atoms with Gasteiger partial charge in [0, 0.05) is 38.5 Å². The minimum Gasteiger partial charge on any atom is -0.299 e. The lowest BCUT2D eigenvalue weighted by atomic mass is 10.0. The molecule has 9 heteroatoms. The molecular weight excluding hydrogens is 398 g/mol. The van der Waals surface area contributed by atoms with Crippen molar-refractivity contribution in [1.82, 2.24) is 14.1 Å². The Morgan fingerprint density at radius 2 is 1.57 bits per heavy atom. The Kier molecular flexibility index (Phi) is 6.81. The van der Waals surface area contributed by atoms with Crippen LogP contribution in [0.2, 0.25) is 0 Å². The van der Waals surface area contributed by atoms with Crippen molar-refractivity contribution in [3.05, 3.63) is 29.8 Å². The third-order valence-electron chi connectivity index (χ3n) is 5.80. The molecule has 28 heavy (non-hydrogen) atoms. The fourth-order valence-electron chi connectivity index (χ4n) is 4.29. The normalized spacial score (nSPS) is 22.2. The van der Waals surface area contributed by atoms with Crippen molar-refractivity contribution in [2.45, 2.75) is 36.7 Å². The second-order valence-corrected chi connectivity index (χ2v) is 11.9. The summed E-state index contributed by atoms with van der Waals surface area (Å²) >= 11 is 0. The van der Waals surface area contributed by atoms with Crippen LogP contribution < -0.4 is 0 Å². The molecule has 1 aromatic carbocycles. The van der Waals surface area contributed by atoms with E-state index >= 15 is 0 Å². The highest BCUT2D eigenvalue weighted by atomic mass is 32.2. The molecule has 2 fully saturated rings. The summed E-state index contributed by atoms with van der Waals surface area (Å²) in [5.74, 6) is 0. The molecule has 0 saturated carbocycles. The molecule has 0 spiro atoms. The number of rotatable bonds is 5. The number of nitrogens with zero attached hydrogens (tertiary/aromatic N) is 3. The van der Waals surface area contributed by atoms with Gasteiger partial charge in [-0.15, -0.1) is 0 Å². The largest absolute Gasteiger partial charge is 0.299 e. The molecule has 0 aliphatic carbocycles. The van der Waals surface area contributed by atoms with E-state index in [0.717, 1.165) is 51.0 Å². The highest BCUT2D eigenvalue weighted by molar-refractivity contribution is 7.90. The van der Waals surface area contributed by atoms with Gasteiger partial charge in [-0.05, 0) is 50.5 Å². The zero-order valence-corrected chi connectivity index (χ0v) is 18.4. The fourth-order valence-corrected chi connectivity index (χ4v) is 6.10. The molecule has 2 saturated heterocycles. The van der Waals surface area contributed by atoms with E-state index in [0.29, 0.717) is 30.6 Å². The van der Waals surface area contributed by atoms with Gasteiger partial charge in [0.05, 0.1) is 11.2 Å². The second kappa shape index (κ2) is 8.79. The van der Waals surface area contributed by atoms with Crippen LogP contribution in [0.1, 0.15) is 24.8 Å². The average molecular weight is 430 g/mol. The first-order chi connectivity index (χ1) is 13.1. The van der Waals surface area contributed by atoms with Crippen molar-refractivity contribution in [2.75, 3.05) is 51.8 Å². The van der Waals surface area contributed by atoms with Gasteiger partial charge in [-0.1, -0.05) is 18.2 Å². The van der Waals surface area contributed by atoms with Gasteiger partial charge in [-0.2, -0.15) is 0 Å². The molecule has 2 heterocycles. The summed E-state index contributed by atoms with van der Waals surface area (Å²) in [5, 5.41) is 0. The molecule has 0 bridgehead atoms. The van der Waals surface area contributed by atoms with Gasteiger partial charge in [0.15, 0.2) is 9.84 Å². The number of sulfone groups is 1. The van der Waals surface area contributed by atoms with Crippen LogP contribution in [0.5, 0.6) is 0 Å². The van der Waals surface area contributed by atoms with Crippen molar-refractivity contribution in [2.24, 2.45) is 0 Å². The molecule has 2 aliphatic rings. The Bertz CT molecular complexity index is 878. The molecule has 158 valence electrons. The molecule has 0 N–H and O–H groups in total. The van der Waals surface area contributed by atoms with E-state index < -0.39 is 19.9 Å². The average Bonchev–Trinajstić information content (AvgIpc) is 2.88. The van der Waals surface area contributed by atoms with Crippen molar-refractivity contribution < 1.29 is 16.8 Å². The smallest absolute Gasteiger partial charge is 0.211 e. The molecule has 1 aromatic rings. The Balaban J connectivity index is 1.56. The highest BCUT2D eigenvalue weighted by Gasteiger charge is 2.28. The minimum absolute atomic E-state index is 0.422. The number of sulfonamides is 1. The van der Waals surface area contributed by atoms with E-state index in [2.05, 4.69) is 9.80 Å². The van der Waals surface area contributed by atoms with Crippen LogP contribution in [0.4, 0.5) is 0 Å². The highest BCUT2D eigenvalue weighted by Crippen LogP contribution is 2.23. The monoisotopic (exact) mass is 429 g/mol. The van der Waals surface area contributed by atoms with E-state index in [1.54, 1.807) is 16.4 Å². The first-order valence-electron chi connectivity index (χ1n) is 9.84. The van der Waals surface area contributed by atoms with Crippen LogP contribution >= 0.6 is 0 Å². The molecule has 3 rings (SSSR count). The number of likely N-dealkylation sites (tertiary alicyclic amines) is 1. The Morgan fingerprint density at radius 1 is 0.893 bits per heavy atom. The summed E-state index contributed by atoms with van der Waals surface area (Å²) in [4.78, 5) is 5.18. The lowest BCUT2D eigenvalue weighted by molar-refractivity contribution is 0.108. The lowest BCUT2D eigenvalue weighted by Crippen LogP contribution is -2.46. The Hall–Kier alpha value is -1.00. The van der Waals surface area contributed by atoms with E-state index in [1.165, 1.54) is 12.5 Å². The molecule has 2 aliphatic heterocycles. The van der Waals surface area contributed by atoms with Crippen LogP contribution in [0.25, 0.3) is 0 Å². The summed E-state index contributed by atoms with van der Waals surface area (Å²) < 4.78 is 49.2. The van der Waals surface area contributed by atoms with Gasteiger partial charge in [0.25, 0.3) is 0 Å². The predicted molar refractivity (Wildman–Crippen MR) is 110 cm³/mol. The molecular formula is C19H31N3O4S2. The van der Waals surface area contributed by atoms with Gasteiger partial charge in [-0.3, -0.25) is 9.80 Å². The van der Waals surface area contributed by atoms with E-state index in [9.17, 15) is 16.8 Å². The van der Waals surface area contributed by atoms with Gasteiger partial charge in [0.2, 0.25) is 10.0 Å². The van der Waals surface area contributed by atoms with Crippen LogP contribution in [0, 0.1) is 0 Å². The molecule has 0 aromatic heterocycles. The topological polar surface area (TPSA) is 78.0 Å². The second-order valence-electron chi connectivity index (χ2n) is 7.94. The minimum atomic E-state index is -3.22. The standard InChI is InChI=1S/C19H31N3O4S2/c1-27(23,24)19-7-4-3-6-17(19)16-20-12-8-18(9-13-20)21-10-5-11-22(15-14-21)28(2,25)26/h3-4,6-7,18H,5,8-16H2,1-2H3. The van der Waals surface area contributed by atoms with Gasteiger partial charge in [-0.25, -0.2) is 21.1 Å². The van der Waals surface area contributed by atoms with Gasteiger partial charge >= 0.3 is 0 Å². The SMILES string of the molecule is CS(=O)(=O)c1ccccc1CN1CCC(N2CCCN(S(C)(=O)=O)CC2)CC1. The number of hydrogen-bond acceptors (Lipinski definition) is 6. The Labute approximate surface area is 169 Å². The van der Waals surface area contributed by atoms with Gasteiger partial charge < -0.3 is 0 Å². The van der Waals surface area contributed by atoms with E-state index in [1.807, 2.05) is 12.1 Å². The third kappa shape index (κ3) is 5.54. The third-order valence-corrected chi connectivity index (χ3v) is 8.30. The zero-order chi connectivity index (χ0) is 20.4. The zero-order valence-electron chi connectivity index (χ0n) is 16.7. The lowest BCUT2D eigenvalue weighted by Gasteiger charge is -2.38. The van der Waals surface area contributed by atoms with Crippen LogP contribution in [-0.2, 0) is 26.4 Å². The van der Waals surface area contributed by atoms with Gasteiger partial charge in [0.1, 0.15) is 0 Å². The predicted octanol–water partition coefficient (Wildman–Crippen LogP) is 1.02. The van der Waals surface area contributed by atoms with Crippen LogP contribution in [-0.4, -0.2) is 88.8 Å². The maximum absolute atomic E-state index is 12.0. The number of hydrogen-bond donors (Lipinski definition) is 0. The maximum atomic E-state index is 12.0. The molecule has 0 amide bonds. The summed E-state index contributed by atoms with van der Waals surface area (Å²) in [6, 6.07) is 7.72. The first kappa shape index (κ1) is 21.7. The molecule has 7 nitrogen and oxygen atoms in total. The first-order valence-corrected chi connectivity index (χ1v) is 13.6. The van der Waals surface area contributed by atoms with Crippen LogP contribution in [0.15, 0.2) is 29.2 Å². The van der Waals surface area contributed by atoms with Crippen molar-refractivity contribution in [3.8, 4) is 0 Å². The number of piperidine rings is 1. The van der Waals surface area contributed by atoms with Crippen molar-refractivity contribution in [3.63, 3.8) is 0 Å². The molecule has 0 atom stereocenters. The Morgan fingerprint density at radius 3 is 2.21 bits per heavy atom. The molecule has 0 radical (unpaired) electrons. The van der Waals surface area contributed by atoms with E-state index in [-0.39, 0.29) is 0 Å². The summed E-state index contributed by atoms with van der Waals surface area (Å²) in [6.45, 7) is 5.40.